The predicted molar refractivity (Wildman–Crippen MR) is 92.5 cm³/mol. The summed E-state index contributed by atoms with van der Waals surface area (Å²) in [5.74, 6) is 2.20. The molecule has 0 unspecified atom stereocenters. The molecule has 0 N–H and O–H groups in total. The van der Waals surface area contributed by atoms with Crippen molar-refractivity contribution in [1.82, 2.24) is 0 Å². The molecule has 2 aromatic rings. The minimum atomic E-state index is -0.191. The van der Waals surface area contributed by atoms with Gasteiger partial charge in [-0.1, -0.05) is 0 Å². The molecule has 0 saturated heterocycles. The second-order valence-corrected chi connectivity index (χ2v) is 4.87. The van der Waals surface area contributed by atoms with E-state index in [-0.39, 0.29) is 5.78 Å². The monoisotopic (exact) mass is 328 g/mol. The van der Waals surface area contributed by atoms with Gasteiger partial charge in [-0.3, -0.25) is 4.79 Å². The highest BCUT2D eigenvalue weighted by Crippen LogP contribution is 2.27. The first kappa shape index (κ1) is 17.4. The van der Waals surface area contributed by atoms with Crippen LogP contribution >= 0.6 is 0 Å². The van der Waals surface area contributed by atoms with E-state index in [1.165, 1.54) is 13.2 Å². The third kappa shape index (κ3) is 3.87. The first-order valence-corrected chi connectivity index (χ1v) is 7.29. The average molecular weight is 328 g/mol. The molecular formula is C19H20O5. The zero-order chi connectivity index (χ0) is 17.5. The van der Waals surface area contributed by atoms with Crippen LogP contribution in [0.4, 0.5) is 0 Å². The van der Waals surface area contributed by atoms with Gasteiger partial charge >= 0.3 is 0 Å². The molecule has 24 heavy (non-hydrogen) atoms. The number of hydrogen-bond donors (Lipinski definition) is 0. The number of carbonyl (C=O) groups is 1. The topological polar surface area (TPSA) is 54.0 Å². The Bertz CT molecular complexity index is 749. The fraction of sp³-hybridized carbons (Fsp3) is 0.211. The zero-order valence-electron chi connectivity index (χ0n) is 14.2. The molecule has 126 valence electrons. The van der Waals surface area contributed by atoms with Gasteiger partial charge in [-0.15, -0.1) is 0 Å². The normalized spacial score (nSPS) is 10.5. The molecule has 0 radical (unpaired) electrons. The van der Waals surface area contributed by atoms with Crippen molar-refractivity contribution in [2.45, 2.75) is 0 Å². The van der Waals surface area contributed by atoms with Crippen molar-refractivity contribution in [3.63, 3.8) is 0 Å². The maximum atomic E-state index is 12.5. The van der Waals surface area contributed by atoms with Crippen molar-refractivity contribution in [3.05, 3.63) is 53.6 Å². The Hall–Kier alpha value is -2.95. The van der Waals surface area contributed by atoms with E-state index in [9.17, 15) is 4.79 Å². The molecule has 0 amide bonds. The van der Waals surface area contributed by atoms with E-state index in [1.54, 1.807) is 57.7 Å². The van der Waals surface area contributed by atoms with Crippen molar-refractivity contribution in [2.24, 2.45) is 0 Å². The van der Waals surface area contributed by atoms with Crippen LogP contribution in [-0.4, -0.2) is 34.2 Å². The molecule has 0 aromatic heterocycles. The summed E-state index contributed by atoms with van der Waals surface area (Å²) in [5, 5.41) is 0. The van der Waals surface area contributed by atoms with Gasteiger partial charge in [0.1, 0.15) is 23.0 Å². The van der Waals surface area contributed by atoms with Gasteiger partial charge in [0.25, 0.3) is 0 Å². The maximum absolute atomic E-state index is 12.5. The average Bonchev–Trinajstić information content (AvgIpc) is 2.65. The van der Waals surface area contributed by atoms with Crippen LogP contribution in [-0.2, 0) is 0 Å². The summed E-state index contributed by atoms with van der Waals surface area (Å²) in [6.07, 6.45) is 3.17. The number of carbonyl (C=O) groups excluding carboxylic acids is 1. The number of rotatable bonds is 7. The third-order valence-corrected chi connectivity index (χ3v) is 3.53. The van der Waals surface area contributed by atoms with Crippen LogP contribution in [0.5, 0.6) is 23.0 Å². The van der Waals surface area contributed by atoms with E-state index >= 15 is 0 Å². The molecular weight excluding hydrogens is 308 g/mol. The zero-order valence-corrected chi connectivity index (χ0v) is 14.2. The number of ketones is 1. The minimum Gasteiger partial charge on any atom is -0.497 e. The fourth-order valence-electron chi connectivity index (χ4n) is 2.22. The molecule has 0 heterocycles. The van der Waals surface area contributed by atoms with E-state index in [1.807, 2.05) is 6.07 Å². The van der Waals surface area contributed by atoms with Gasteiger partial charge in [0, 0.05) is 11.6 Å². The highest BCUT2D eigenvalue weighted by Gasteiger charge is 2.11. The van der Waals surface area contributed by atoms with E-state index in [4.69, 9.17) is 18.9 Å². The predicted octanol–water partition coefficient (Wildman–Crippen LogP) is 3.62. The lowest BCUT2D eigenvalue weighted by Crippen LogP contribution is -2.00. The summed E-state index contributed by atoms with van der Waals surface area (Å²) in [7, 11) is 6.23. The van der Waals surface area contributed by atoms with Crippen molar-refractivity contribution >= 4 is 11.9 Å². The molecule has 2 aromatic carbocycles. The Labute approximate surface area is 141 Å². The fourth-order valence-corrected chi connectivity index (χ4v) is 2.22. The van der Waals surface area contributed by atoms with Crippen LogP contribution in [0.25, 0.3) is 6.08 Å². The Morgan fingerprint density at radius 3 is 2.04 bits per heavy atom. The summed E-state index contributed by atoms with van der Waals surface area (Å²) in [6.45, 7) is 0. The van der Waals surface area contributed by atoms with E-state index < -0.39 is 0 Å². The molecule has 0 atom stereocenters. The van der Waals surface area contributed by atoms with Crippen LogP contribution < -0.4 is 18.9 Å². The lowest BCUT2D eigenvalue weighted by molar-refractivity contribution is 0.104. The standard InChI is InChI=1S/C19H20O5/c1-21-14-8-10-18(23-3)16(11-14)17(20)9-6-13-5-7-15(22-2)12-19(13)24-4/h5-12H,1-4H3/b9-6+. The maximum Gasteiger partial charge on any atom is 0.189 e. The molecule has 0 aliphatic carbocycles. The van der Waals surface area contributed by atoms with Crippen LogP contribution in [0, 0.1) is 0 Å². The van der Waals surface area contributed by atoms with Gasteiger partial charge in [0.2, 0.25) is 0 Å². The Kier molecular flexibility index (Phi) is 5.84. The summed E-state index contributed by atoms with van der Waals surface area (Å²) in [4.78, 5) is 12.5. The molecule has 0 saturated carbocycles. The van der Waals surface area contributed by atoms with E-state index in [0.29, 0.717) is 28.6 Å². The summed E-state index contributed by atoms with van der Waals surface area (Å²) in [5.41, 5.74) is 1.20. The molecule has 0 aliphatic heterocycles. The number of methoxy groups -OCH3 is 4. The second kappa shape index (κ2) is 8.06. The molecule has 0 spiro atoms. The van der Waals surface area contributed by atoms with Crippen LogP contribution in [0.3, 0.4) is 0 Å². The number of ether oxygens (including phenoxy) is 4. The molecule has 5 nitrogen and oxygen atoms in total. The largest absolute Gasteiger partial charge is 0.497 e. The Morgan fingerprint density at radius 2 is 1.42 bits per heavy atom. The SMILES string of the molecule is COc1ccc(/C=C/C(=O)c2cc(OC)ccc2OC)c(OC)c1. The van der Waals surface area contributed by atoms with Crippen molar-refractivity contribution in [3.8, 4) is 23.0 Å². The van der Waals surface area contributed by atoms with E-state index in [0.717, 1.165) is 5.56 Å². The van der Waals surface area contributed by atoms with Gasteiger partial charge in [-0.05, 0) is 42.5 Å². The first-order chi connectivity index (χ1) is 11.6. The molecule has 0 fully saturated rings. The van der Waals surface area contributed by atoms with Crippen LogP contribution in [0.2, 0.25) is 0 Å². The van der Waals surface area contributed by atoms with Crippen LogP contribution in [0.1, 0.15) is 15.9 Å². The Morgan fingerprint density at radius 1 is 0.792 bits per heavy atom. The smallest absolute Gasteiger partial charge is 0.189 e. The summed E-state index contributed by atoms with van der Waals surface area (Å²) in [6, 6.07) is 10.5. The molecule has 0 aliphatic rings. The highest BCUT2D eigenvalue weighted by molar-refractivity contribution is 6.09. The first-order valence-electron chi connectivity index (χ1n) is 7.29. The van der Waals surface area contributed by atoms with Crippen molar-refractivity contribution < 1.29 is 23.7 Å². The Balaban J connectivity index is 2.31. The lowest BCUT2D eigenvalue weighted by atomic mass is 10.1. The van der Waals surface area contributed by atoms with Gasteiger partial charge in [-0.25, -0.2) is 0 Å². The summed E-state index contributed by atoms with van der Waals surface area (Å²) >= 11 is 0. The number of hydrogen-bond acceptors (Lipinski definition) is 5. The number of benzene rings is 2. The lowest BCUT2D eigenvalue weighted by Gasteiger charge is -2.09. The highest BCUT2D eigenvalue weighted by atomic mass is 16.5. The summed E-state index contributed by atoms with van der Waals surface area (Å²) < 4.78 is 20.9. The quantitative estimate of drug-likeness (QED) is 0.574. The van der Waals surface area contributed by atoms with Gasteiger partial charge in [0.15, 0.2) is 5.78 Å². The van der Waals surface area contributed by atoms with Gasteiger partial charge in [-0.2, -0.15) is 0 Å². The molecule has 0 bridgehead atoms. The second-order valence-electron chi connectivity index (χ2n) is 4.87. The van der Waals surface area contributed by atoms with Gasteiger partial charge in [0.05, 0.1) is 34.0 Å². The van der Waals surface area contributed by atoms with Crippen molar-refractivity contribution in [2.75, 3.05) is 28.4 Å². The van der Waals surface area contributed by atoms with Crippen LogP contribution in [0.15, 0.2) is 42.5 Å². The number of allylic oxidation sites excluding steroid dienone is 1. The third-order valence-electron chi connectivity index (χ3n) is 3.53. The van der Waals surface area contributed by atoms with E-state index in [2.05, 4.69) is 0 Å². The molecule has 5 heteroatoms. The van der Waals surface area contributed by atoms with Gasteiger partial charge < -0.3 is 18.9 Å². The molecule has 2 rings (SSSR count). The minimum absolute atomic E-state index is 0.191. The van der Waals surface area contributed by atoms with Crippen molar-refractivity contribution in [1.29, 1.82) is 0 Å².